The molecular weight excluding hydrogens is 438 g/mol. The molecular formula is C26H28ClN3O3. The number of nitrogens with one attached hydrogen (secondary N) is 1. The fraction of sp³-hybridized carbons (Fsp3) is 0.385. The molecule has 1 saturated carbocycles. The number of ether oxygens (including phenoxy) is 1. The average Bonchev–Trinajstić information content (AvgIpc) is 3.18. The maximum atomic E-state index is 13.9. The number of nitrogens with zero attached hydrogens (tertiary/aromatic N) is 2. The Morgan fingerprint density at radius 1 is 1.09 bits per heavy atom. The fourth-order valence-corrected chi connectivity index (χ4v) is 5.31. The Morgan fingerprint density at radius 2 is 1.82 bits per heavy atom. The first-order valence-electron chi connectivity index (χ1n) is 11.5. The number of benzene rings is 2. The fourth-order valence-electron chi connectivity index (χ4n) is 5.18. The zero-order valence-electron chi connectivity index (χ0n) is 18.9. The summed E-state index contributed by atoms with van der Waals surface area (Å²) in [5, 5.41) is 4.78. The molecule has 33 heavy (non-hydrogen) atoms. The molecule has 1 aliphatic carbocycles. The largest absolute Gasteiger partial charge is 0.497 e. The summed E-state index contributed by atoms with van der Waals surface area (Å²) in [5.41, 5.74) is 0.978. The summed E-state index contributed by atoms with van der Waals surface area (Å²) in [7, 11) is 1.62. The van der Waals surface area contributed by atoms with Gasteiger partial charge in [-0.2, -0.15) is 0 Å². The molecule has 6 nitrogen and oxygen atoms in total. The van der Waals surface area contributed by atoms with Crippen LogP contribution in [0.4, 0.5) is 5.69 Å². The van der Waals surface area contributed by atoms with E-state index in [4.69, 9.17) is 16.3 Å². The minimum Gasteiger partial charge on any atom is -0.497 e. The number of carbonyl (C=O) groups excluding carboxylic acids is 2. The van der Waals surface area contributed by atoms with E-state index in [0.29, 0.717) is 28.7 Å². The predicted molar refractivity (Wildman–Crippen MR) is 130 cm³/mol. The molecule has 2 heterocycles. The van der Waals surface area contributed by atoms with Crippen molar-refractivity contribution >= 4 is 40.0 Å². The van der Waals surface area contributed by atoms with Crippen LogP contribution in [0, 0.1) is 0 Å². The average molecular weight is 466 g/mol. The Balaban J connectivity index is 1.62. The molecule has 1 fully saturated rings. The normalized spacial score (nSPS) is 21.2. The Kier molecular flexibility index (Phi) is 5.57. The van der Waals surface area contributed by atoms with Crippen LogP contribution in [0.15, 0.2) is 48.5 Å². The minimum atomic E-state index is -1.11. The first kappa shape index (κ1) is 21.8. The van der Waals surface area contributed by atoms with Gasteiger partial charge < -0.3 is 14.6 Å². The lowest BCUT2D eigenvalue weighted by atomic mass is 9.91. The monoisotopic (exact) mass is 465 g/mol. The number of aromatic nitrogens is 1. The Hall–Kier alpha value is -2.99. The first-order chi connectivity index (χ1) is 15.9. The molecule has 172 valence electrons. The van der Waals surface area contributed by atoms with Crippen LogP contribution in [-0.2, 0) is 11.3 Å². The number of hydrogen-bond donors (Lipinski definition) is 1. The van der Waals surface area contributed by atoms with Crippen LogP contribution in [-0.4, -0.2) is 35.1 Å². The van der Waals surface area contributed by atoms with E-state index in [1.54, 1.807) is 36.3 Å². The number of amides is 2. The topological polar surface area (TPSA) is 63.6 Å². The summed E-state index contributed by atoms with van der Waals surface area (Å²) in [6, 6.07) is 14.9. The summed E-state index contributed by atoms with van der Waals surface area (Å²) in [6.07, 6.45) is 5.40. The van der Waals surface area contributed by atoms with Gasteiger partial charge in [0, 0.05) is 28.2 Å². The molecule has 3 aromatic rings. The van der Waals surface area contributed by atoms with Crippen LogP contribution in [0.3, 0.4) is 0 Å². The first-order valence-corrected chi connectivity index (χ1v) is 11.9. The van der Waals surface area contributed by atoms with Crippen LogP contribution in [0.5, 0.6) is 5.75 Å². The molecule has 2 aromatic carbocycles. The van der Waals surface area contributed by atoms with E-state index < -0.39 is 5.54 Å². The molecule has 1 aliphatic heterocycles. The minimum absolute atomic E-state index is 0.131. The Morgan fingerprint density at radius 3 is 2.52 bits per heavy atom. The van der Waals surface area contributed by atoms with Gasteiger partial charge >= 0.3 is 0 Å². The molecule has 0 radical (unpaired) electrons. The third-order valence-corrected chi connectivity index (χ3v) is 7.26. The molecule has 1 atom stereocenters. The molecule has 0 saturated heterocycles. The zero-order chi connectivity index (χ0) is 23.2. The highest BCUT2D eigenvalue weighted by molar-refractivity contribution is 6.30. The van der Waals surface area contributed by atoms with Gasteiger partial charge in [0.05, 0.1) is 19.2 Å². The van der Waals surface area contributed by atoms with E-state index in [2.05, 4.69) is 5.32 Å². The Labute approximate surface area is 198 Å². The molecule has 5 rings (SSSR count). The summed E-state index contributed by atoms with van der Waals surface area (Å²) in [6.45, 7) is 2.19. The highest BCUT2D eigenvalue weighted by Gasteiger charge is 2.49. The second-order valence-electron chi connectivity index (χ2n) is 9.24. The van der Waals surface area contributed by atoms with Gasteiger partial charge in [-0.1, -0.05) is 30.9 Å². The standard InChI is InChI=1S/C26H28ClN3O3/c1-26(25(32)28-19-6-4-3-5-7-19)16-29-22-15-21(33-2)13-8-17(22)14-23(29)24(31)30(26)20-11-9-18(27)10-12-20/h8-15,19H,3-7,16H2,1-2H3,(H,28,32)/t26-/m1/s1. The molecule has 0 unspecified atom stereocenters. The number of rotatable bonds is 4. The molecule has 0 spiro atoms. The third-order valence-electron chi connectivity index (χ3n) is 7.01. The lowest BCUT2D eigenvalue weighted by Gasteiger charge is -2.44. The zero-order valence-corrected chi connectivity index (χ0v) is 19.7. The second kappa shape index (κ2) is 8.41. The molecule has 2 aliphatic rings. The van der Waals surface area contributed by atoms with E-state index in [-0.39, 0.29) is 17.9 Å². The second-order valence-corrected chi connectivity index (χ2v) is 9.68. The van der Waals surface area contributed by atoms with Crippen LogP contribution < -0.4 is 15.0 Å². The maximum absolute atomic E-state index is 13.9. The van der Waals surface area contributed by atoms with Crippen molar-refractivity contribution in [3.8, 4) is 5.75 Å². The van der Waals surface area contributed by atoms with E-state index in [0.717, 1.165) is 36.6 Å². The van der Waals surface area contributed by atoms with Crippen molar-refractivity contribution in [2.75, 3.05) is 12.0 Å². The van der Waals surface area contributed by atoms with Gasteiger partial charge in [-0.15, -0.1) is 0 Å². The molecule has 1 N–H and O–H groups in total. The molecule has 1 aromatic heterocycles. The molecule has 7 heteroatoms. The van der Waals surface area contributed by atoms with E-state index >= 15 is 0 Å². The van der Waals surface area contributed by atoms with Crippen LogP contribution in [0.25, 0.3) is 10.9 Å². The summed E-state index contributed by atoms with van der Waals surface area (Å²) in [4.78, 5) is 29.3. The van der Waals surface area contributed by atoms with E-state index in [1.165, 1.54) is 6.42 Å². The van der Waals surface area contributed by atoms with Gasteiger partial charge in [-0.25, -0.2) is 0 Å². The number of carbonyl (C=O) groups is 2. The maximum Gasteiger partial charge on any atom is 0.275 e. The Bertz CT molecular complexity index is 1210. The van der Waals surface area contributed by atoms with Crippen LogP contribution >= 0.6 is 11.6 Å². The predicted octanol–water partition coefficient (Wildman–Crippen LogP) is 5.17. The van der Waals surface area contributed by atoms with E-state index in [9.17, 15) is 9.59 Å². The smallest absolute Gasteiger partial charge is 0.275 e. The number of fused-ring (bicyclic) bond motifs is 3. The lowest BCUT2D eigenvalue weighted by Crippen LogP contribution is -2.65. The summed E-state index contributed by atoms with van der Waals surface area (Å²) in [5.74, 6) is 0.373. The van der Waals surface area contributed by atoms with Crippen LogP contribution in [0.2, 0.25) is 5.02 Å². The number of anilines is 1. The van der Waals surface area contributed by atoms with Crippen molar-refractivity contribution in [1.82, 2.24) is 9.88 Å². The van der Waals surface area contributed by atoms with Gasteiger partial charge in [0.1, 0.15) is 17.0 Å². The number of methoxy groups -OCH3 is 1. The number of halogens is 1. The summed E-state index contributed by atoms with van der Waals surface area (Å²) < 4.78 is 7.36. The van der Waals surface area contributed by atoms with Crippen molar-refractivity contribution in [2.24, 2.45) is 0 Å². The van der Waals surface area contributed by atoms with Crippen molar-refractivity contribution in [2.45, 2.75) is 57.2 Å². The number of hydrogen-bond acceptors (Lipinski definition) is 3. The van der Waals surface area contributed by atoms with Gasteiger partial charge in [0.15, 0.2) is 0 Å². The highest BCUT2D eigenvalue weighted by atomic mass is 35.5. The van der Waals surface area contributed by atoms with E-state index in [1.807, 2.05) is 35.8 Å². The van der Waals surface area contributed by atoms with Gasteiger partial charge in [-0.05, 0) is 62.2 Å². The SMILES string of the molecule is COc1ccc2cc3n(c2c1)C[C@](C)(C(=O)NC1CCCCC1)N(c1ccc(Cl)cc1)C3=O. The van der Waals surface area contributed by atoms with Crippen molar-refractivity contribution < 1.29 is 14.3 Å². The van der Waals surface area contributed by atoms with Gasteiger partial charge in [0.25, 0.3) is 5.91 Å². The quantitative estimate of drug-likeness (QED) is 0.578. The van der Waals surface area contributed by atoms with Crippen molar-refractivity contribution in [3.05, 3.63) is 59.2 Å². The third kappa shape index (κ3) is 3.76. The van der Waals surface area contributed by atoms with Crippen LogP contribution in [0.1, 0.15) is 49.5 Å². The van der Waals surface area contributed by atoms with Crippen molar-refractivity contribution in [3.63, 3.8) is 0 Å². The molecule has 0 bridgehead atoms. The highest BCUT2D eigenvalue weighted by Crippen LogP contribution is 2.37. The summed E-state index contributed by atoms with van der Waals surface area (Å²) >= 11 is 6.11. The lowest BCUT2D eigenvalue weighted by molar-refractivity contribution is -0.127. The molecule has 2 amide bonds. The van der Waals surface area contributed by atoms with Crippen molar-refractivity contribution in [1.29, 1.82) is 0 Å². The van der Waals surface area contributed by atoms with Gasteiger partial charge in [-0.3, -0.25) is 14.5 Å². The van der Waals surface area contributed by atoms with Gasteiger partial charge in [0.2, 0.25) is 5.91 Å².